The zero-order valence-electron chi connectivity index (χ0n) is 19.2. The number of nitrogens with zero attached hydrogens (tertiary/aromatic N) is 5. The lowest BCUT2D eigenvalue weighted by Crippen LogP contribution is -2.16. The van der Waals surface area contributed by atoms with E-state index in [2.05, 4.69) is 26.3 Å². The molecule has 3 aromatic heterocycles. The van der Waals surface area contributed by atoms with E-state index in [1.54, 1.807) is 25.7 Å². The molecular weight excluding hydrogens is 444 g/mol. The van der Waals surface area contributed by atoms with Crippen LogP contribution in [-0.2, 0) is 11.3 Å². The van der Waals surface area contributed by atoms with Crippen LogP contribution < -0.4 is 14.8 Å². The summed E-state index contributed by atoms with van der Waals surface area (Å²) >= 11 is 0. The number of ether oxygens (including phenoxy) is 3. The number of rotatable bonds is 7. The molecular formula is C26H24N6O3. The quantitative estimate of drug-likeness (QED) is 0.377. The van der Waals surface area contributed by atoms with E-state index in [4.69, 9.17) is 19.3 Å². The number of nitrogens with one attached hydrogen (secondary N) is 1. The summed E-state index contributed by atoms with van der Waals surface area (Å²) < 4.78 is 18.6. The van der Waals surface area contributed by atoms with Gasteiger partial charge in [0.05, 0.1) is 26.9 Å². The lowest BCUT2D eigenvalue weighted by atomic mass is 10.1. The zero-order chi connectivity index (χ0) is 23.6. The molecule has 0 radical (unpaired) electrons. The summed E-state index contributed by atoms with van der Waals surface area (Å²) in [5.41, 5.74) is 3.40. The summed E-state index contributed by atoms with van der Waals surface area (Å²) in [6.45, 7) is 1.90. The van der Waals surface area contributed by atoms with E-state index in [-0.39, 0.29) is 6.10 Å². The Morgan fingerprint density at radius 1 is 1.03 bits per heavy atom. The predicted octanol–water partition coefficient (Wildman–Crippen LogP) is 4.34. The van der Waals surface area contributed by atoms with Gasteiger partial charge in [0, 0.05) is 36.1 Å². The van der Waals surface area contributed by atoms with Crippen molar-refractivity contribution in [1.29, 1.82) is 0 Å². The van der Waals surface area contributed by atoms with Gasteiger partial charge in [-0.1, -0.05) is 12.1 Å². The van der Waals surface area contributed by atoms with Crippen LogP contribution in [0.25, 0.3) is 21.9 Å². The molecule has 0 bridgehead atoms. The van der Waals surface area contributed by atoms with Gasteiger partial charge in [0.2, 0.25) is 5.88 Å². The van der Waals surface area contributed by atoms with Crippen LogP contribution in [0.1, 0.15) is 12.0 Å². The SMILES string of the molecule is COc1ccc(Cn2nc(Nc3ccc4c(OC5CCOC5)nccc4c3)c3nccnc32)cc1. The zero-order valence-corrected chi connectivity index (χ0v) is 19.2. The Balaban J connectivity index is 1.29. The third-order valence-corrected chi connectivity index (χ3v) is 6.02. The van der Waals surface area contributed by atoms with Gasteiger partial charge in [-0.2, -0.15) is 5.10 Å². The Kier molecular flexibility index (Phi) is 5.59. The Labute approximate surface area is 201 Å². The van der Waals surface area contributed by atoms with E-state index in [0.29, 0.717) is 36.0 Å². The number of aromatic nitrogens is 5. The van der Waals surface area contributed by atoms with E-state index in [1.807, 2.05) is 47.1 Å². The third-order valence-electron chi connectivity index (χ3n) is 6.02. The van der Waals surface area contributed by atoms with E-state index in [1.165, 1.54) is 0 Å². The van der Waals surface area contributed by atoms with Crippen LogP contribution in [0.4, 0.5) is 11.5 Å². The maximum absolute atomic E-state index is 6.08. The van der Waals surface area contributed by atoms with Crippen molar-refractivity contribution in [3.63, 3.8) is 0 Å². The van der Waals surface area contributed by atoms with Crippen molar-refractivity contribution in [2.45, 2.75) is 19.1 Å². The van der Waals surface area contributed by atoms with Gasteiger partial charge in [0.1, 0.15) is 11.9 Å². The Bertz CT molecular complexity index is 1480. The first-order valence-electron chi connectivity index (χ1n) is 11.5. The minimum atomic E-state index is 0.0468. The third kappa shape index (κ3) is 4.33. The molecule has 1 aliphatic rings. The molecule has 9 nitrogen and oxygen atoms in total. The standard InChI is InChI=1S/C26H24N6O3/c1-33-20-5-2-17(3-6-20)15-32-25-23(27-11-12-28-25)24(31-32)30-19-4-7-22-18(14-19)8-10-29-26(22)35-21-9-13-34-16-21/h2-8,10-12,14,21H,9,13,15-16H2,1H3,(H,30,31). The van der Waals surface area contributed by atoms with Crippen molar-refractivity contribution in [2.75, 3.05) is 25.6 Å². The fourth-order valence-corrected chi connectivity index (χ4v) is 4.22. The Morgan fingerprint density at radius 3 is 2.74 bits per heavy atom. The molecule has 2 aromatic carbocycles. The highest BCUT2D eigenvalue weighted by molar-refractivity contribution is 5.92. The average molecular weight is 469 g/mol. The van der Waals surface area contributed by atoms with E-state index < -0.39 is 0 Å². The van der Waals surface area contributed by atoms with Crippen LogP contribution in [0.3, 0.4) is 0 Å². The first-order chi connectivity index (χ1) is 17.3. The van der Waals surface area contributed by atoms with Crippen LogP contribution in [0, 0.1) is 0 Å². The maximum atomic E-state index is 6.08. The van der Waals surface area contributed by atoms with Gasteiger partial charge in [-0.05, 0) is 47.3 Å². The summed E-state index contributed by atoms with van der Waals surface area (Å²) in [7, 11) is 1.66. The average Bonchev–Trinajstić information content (AvgIpc) is 3.53. The Hall–Kier alpha value is -4.24. The number of benzene rings is 2. The summed E-state index contributed by atoms with van der Waals surface area (Å²) in [5.74, 6) is 2.09. The van der Waals surface area contributed by atoms with Crippen molar-refractivity contribution in [1.82, 2.24) is 24.7 Å². The second kappa shape index (κ2) is 9.19. The second-order valence-corrected chi connectivity index (χ2v) is 8.36. The van der Waals surface area contributed by atoms with E-state index in [9.17, 15) is 0 Å². The number of pyridine rings is 1. The summed E-state index contributed by atoms with van der Waals surface area (Å²) in [6, 6.07) is 15.9. The van der Waals surface area contributed by atoms with E-state index >= 15 is 0 Å². The van der Waals surface area contributed by atoms with Crippen LogP contribution in [0.5, 0.6) is 11.6 Å². The topological polar surface area (TPSA) is 96.2 Å². The molecule has 35 heavy (non-hydrogen) atoms. The normalized spacial score (nSPS) is 15.5. The van der Waals surface area contributed by atoms with Gasteiger partial charge >= 0.3 is 0 Å². The van der Waals surface area contributed by atoms with Crippen molar-refractivity contribution in [3.8, 4) is 11.6 Å². The maximum Gasteiger partial charge on any atom is 0.221 e. The van der Waals surface area contributed by atoms with Gasteiger partial charge in [-0.25, -0.2) is 19.6 Å². The van der Waals surface area contributed by atoms with Gasteiger partial charge in [-0.15, -0.1) is 0 Å². The molecule has 5 aromatic rings. The molecule has 1 atom stereocenters. The van der Waals surface area contributed by atoms with Crippen LogP contribution in [-0.4, -0.2) is 51.2 Å². The van der Waals surface area contributed by atoms with Gasteiger partial charge in [0.15, 0.2) is 17.0 Å². The van der Waals surface area contributed by atoms with Crippen LogP contribution in [0.2, 0.25) is 0 Å². The fourth-order valence-electron chi connectivity index (χ4n) is 4.22. The molecule has 0 spiro atoms. The van der Waals surface area contributed by atoms with Crippen LogP contribution in [0.15, 0.2) is 67.1 Å². The molecule has 176 valence electrons. The number of hydrogen-bond donors (Lipinski definition) is 1. The largest absolute Gasteiger partial charge is 0.497 e. The van der Waals surface area contributed by atoms with Gasteiger partial charge in [-0.3, -0.25) is 0 Å². The number of fused-ring (bicyclic) bond motifs is 2. The van der Waals surface area contributed by atoms with Crippen LogP contribution >= 0.6 is 0 Å². The molecule has 1 saturated heterocycles. The molecule has 0 amide bonds. The first kappa shape index (κ1) is 21.3. The molecule has 1 fully saturated rings. The minimum Gasteiger partial charge on any atom is -0.497 e. The van der Waals surface area contributed by atoms with Crippen molar-refractivity contribution < 1.29 is 14.2 Å². The van der Waals surface area contributed by atoms with Crippen molar-refractivity contribution in [3.05, 3.63) is 72.7 Å². The lowest BCUT2D eigenvalue weighted by molar-refractivity contribution is 0.139. The molecule has 6 rings (SSSR count). The highest BCUT2D eigenvalue weighted by atomic mass is 16.5. The lowest BCUT2D eigenvalue weighted by Gasteiger charge is -2.13. The molecule has 0 saturated carbocycles. The summed E-state index contributed by atoms with van der Waals surface area (Å²) in [6.07, 6.45) is 6.05. The first-order valence-corrected chi connectivity index (χ1v) is 11.5. The van der Waals surface area contributed by atoms with E-state index in [0.717, 1.165) is 40.8 Å². The van der Waals surface area contributed by atoms with Crippen molar-refractivity contribution in [2.24, 2.45) is 0 Å². The monoisotopic (exact) mass is 468 g/mol. The molecule has 1 N–H and O–H groups in total. The smallest absolute Gasteiger partial charge is 0.221 e. The second-order valence-electron chi connectivity index (χ2n) is 8.36. The molecule has 4 heterocycles. The molecule has 9 heteroatoms. The highest BCUT2D eigenvalue weighted by Crippen LogP contribution is 2.30. The fraction of sp³-hybridized carbons (Fsp3) is 0.231. The Morgan fingerprint density at radius 2 is 1.91 bits per heavy atom. The predicted molar refractivity (Wildman–Crippen MR) is 132 cm³/mol. The summed E-state index contributed by atoms with van der Waals surface area (Å²) in [5, 5.41) is 10.2. The number of hydrogen-bond acceptors (Lipinski definition) is 8. The molecule has 0 aliphatic carbocycles. The molecule has 1 aliphatic heterocycles. The van der Waals surface area contributed by atoms with Gasteiger partial charge < -0.3 is 19.5 Å². The number of methoxy groups -OCH3 is 1. The van der Waals surface area contributed by atoms with Gasteiger partial charge in [0.25, 0.3) is 0 Å². The summed E-state index contributed by atoms with van der Waals surface area (Å²) in [4.78, 5) is 13.5. The highest BCUT2D eigenvalue weighted by Gasteiger charge is 2.19. The molecule has 1 unspecified atom stereocenters. The van der Waals surface area contributed by atoms with Crippen molar-refractivity contribution >= 4 is 33.4 Å². The minimum absolute atomic E-state index is 0.0468. The number of anilines is 2.